The highest BCUT2D eigenvalue weighted by atomic mass is 16.1. The first-order chi connectivity index (χ1) is 9.74. The Morgan fingerprint density at radius 3 is 2.80 bits per heavy atom. The first-order valence-electron chi connectivity index (χ1n) is 7.64. The number of rotatable bonds is 3. The largest absolute Gasteiger partial charge is 0.382 e. The number of anilines is 2. The third kappa shape index (κ3) is 2.74. The van der Waals surface area contributed by atoms with E-state index in [0.717, 1.165) is 42.5 Å². The van der Waals surface area contributed by atoms with Crippen LogP contribution in [0.15, 0.2) is 18.2 Å². The summed E-state index contributed by atoms with van der Waals surface area (Å²) >= 11 is 0. The molecule has 108 valence electrons. The number of carbonyl (C=O) groups is 1. The zero-order chi connectivity index (χ0) is 13.9. The molecule has 2 atom stereocenters. The summed E-state index contributed by atoms with van der Waals surface area (Å²) in [7, 11) is 0. The van der Waals surface area contributed by atoms with Crippen molar-refractivity contribution in [2.75, 3.05) is 30.3 Å². The van der Waals surface area contributed by atoms with Gasteiger partial charge in [-0.05, 0) is 36.5 Å². The van der Waals surface area contributed by atoms with Crippen LogP contribution in [0, 0.1) is 11.8 Å². The van der Waals surface area contributed by atoms with E-state index in [-0.39, 0.29) is 5.91 Å². The van der Waals surface area contributed by atoms with Crippen LogP contribution in [-0.2, 0) is 0 Å². The molecule has 1 fully saturated rings. The smallest absolute Gasteiger partial charge is 0.251 e. The number of carbonyl (C=O) groups excluding carboxylic acids is 1. The Labute approximate surface area is 120 Å². The van der Waals surface area contributed by atoms with E-state index in [1.165, 1.54) is 19.3 Å². The SMILES string of the molecule is CC1CCCC1CNC(=O)c1ccc2c(c1)NCCN2. The molecule has 0 aromatic heterocycles. The summed E-state index contributed by atoms with van der Waals surface area (Å²) in [6, 6.07) is 5.82. The second-order valence-corrected chi connectivity index (χ2v) is 5.99. The average molecular weight is 273 g/mol. The van der Waals surface area contributed by atoms with Gasteiger partial charge in [0.05, 0.1) is 11.4 Å². The van der Waals surface area contributed by atoms with Crippen molar-refractivity contribution < 1.29 is 4.79 Å². The van der Waals surface area contributed by atoms with E-state index in [0.29, 0.717) is 5.92 Å². The molecule has 0 bridgehead atoms. The maximum absolute atomic E-state index is 12.2. The minimum Gasteiger partial charge on any atom is -0.382 e. The Morgan fingerprint density at radius 1 is 1.25 bits per heavy atom. The van der Waals surface area contributed by atoms with Crippen molar-refractivity contribution in [2.45, 2.75) is 26.2 Å². The molecular weight excluding hydrogens is 250 g/mol. The van der Waals surface area contributed by atoms with Crippen molar-refractivity contribution in [2.24, 2.45) is 11.8 Å². The van der Waals surface area contributed by atoms with Crippen molar-refractivity contribution in [1.29, 1.82) is 0 Å². The van der Waals surface area contributed by atoms with Crippen LogP contribution in [0.4, 0.5) is 11.4 Å². The third-order valence-corrected chi connectivity index (χ3v) is 4.60. The molecule has 1 heterocycles. The van der Waals surface area contributed by atoms with Gasteiger partial charge in [0.1, 0.15) is 0 Å². The molecule has 2 aliphatic rings. The zero-order valence-corrected chi connectivity index (χ0v) is 12.0. The standard InChI is InChI=1S/C16H23N3O/c1-11-3-2-4-13(11)10-19-16(20)12-5-6-14-15(9-12)18-8-7-17-14/h5-6,9,11,13,17-18H,2-4,7-8,10H2,1H3,(H,19,20). The Morgan fingerprint density at radius 2 is 2.05 bits per heavy atom. The van der Waals surface area contributed by atoms with Crippen molar-refractivity contribution in [3.05, 3.63) is 23.8 Å². The van der Waals surface area contributed by atoms with Gasteiger partial charge < -0.3 is 16.0 Å². The molecule has 1 aromatic rings. The molecule has 1 amide bonds. The van der Waals surface area contributed by atoms with Gasteiger partial charge in [0.15, 0.2) is 0 Å². The lowest BCUT2D eigenvalue weighted by Crippen LogP contribution is -2.30. The molecule has 4 nitrogen and oxygen atoms in total. The molecule has 3 rings (SSSR count). The van der Waals surface area contributed by atoms with Crippen LogP contribution in [0.25, 0.3) is 0 Å². The van der Waals surface area contributed by atoms with E-state index in [1.807, 2.05) is 18.2 Å². The van der Waals surface area contributed by atoms with E-state index >= 15 is 0 Å². The summed E-state index contributed by atoms with van der Waals surface area (Å²) < 4.78 is 0. The predicted octanol–water partition coefficient (Wildman–Crippen LogP) is 2.69. The number of benzene rings is 1. The maximum atomic E-state index is 12.2. The van der Waals surface area contributed by atoms with Gasteiger partial charge in [0, 0.05) is 25.2 Å². The molecule has 3 N–H and O–H groups in total. The Balaban J connectivity index is 1.62. The minimum atomic E-state index is 0.0410. The molecule has 0 radical (unpaired) electrons. The Kier molecular flexibility index (Phi) is 3.81. The summed E-state index contributed by atoms with van der Waals surface area (Å²) in [4.78, 5) is 12.2. The monoisotopic (exact) mass is 273 g/mol. The van der Waals surface area contributed by atoms with Crippen LogP contribution in [0.5, 0.6) is 0 Å². The van der Waals surface area contributed by atoms with Crippen LogP contribution in [0.1, 0.15) is 36.5 Å². The van der Waals surface area contributed by atoms with Crippen molar-refractivity contribution >= 4 is 17.3 Å². The van der Waals surface area contributed by atoms with Crippen LogP contribution < -0.4 is 16.0 Å². The number of amides is 1. The lowest BCUT2D eigenvalue weighted by atomic mass is 9.98. The van der Waals surface area contributed by atoms with Crippen LogP contribution in [-0.4, -0.2) is 25.5 Å². The van der Waals surface area contributed by atoms with E-state index in [1.54, 1.807) is 0 Å². The van der Waals surface area contributed by atoms with Crippen LogP contribution in [0.2, 0.25) is 0 Å². The Bertz CT molecular complexity index is 500. The highest BCUT2D eigenvalue weighted by Gasteiger charge is 2.23. The molecule has 1 aliphatic heterocycles. The minimum absolute atomic E-state index is 0.0410. The fourth-order valence-corrected chi connectivity index (χ4v) is 3.23. The lowest BCUT2D eigenvalue weighted by molar-refractivity contribution is 0.0944. The van der Waals surface area contributed by atoms with Crippen LogP contribution in [0.3, 0.4) is 0 Å². The molecule has 20 heavy (non-hydrogen) atoms. The summed E-state index contributed by atoms with van der Waals surface area (Å²) in [6.45, 7) is 4.93. The van der Waals surface area contributed by atoms with Gasteiger partial charge in [-0.2, -0.15) is 0 Å². The second kappa shape index (κ2) is 5.73. The van der Waals surface area contributed by atoms with Gasteiger partial charge >= 0.3 is 0 Å². The van der Waals surface area contributed by atoms with Gasteiger partial charge in [-0.1, -0.05) is 19.8 Å². The van der Waals surface area contributed by atoms with Crippen molar-refractivity contribution in [1.82, 2.24) is 5.32 Å². The lowest BCUT2D eigenvalue weighted by Gasteiger charge is -2.21. The zero-order valence-electron chi connectivity index (χ0n) is 12.0. The molecule has 0 saturated heterocycles. The molecular formula is C16H23N3O. The third-order valence-electron chi connectivity index (χ3n) is 4.60. The normalized spacial score (nSPS) is 24.4. The topological polar surface area (TPSA) is 53.2 Å². The van der Waals surface area contributed by atoms with Gasteiger partial charge in [-0.15, -0.1) is 0 Å². The Hall–Kier alpha value is -1.71. The fraction of sp³-hybridized carbons (Fsp3) is 0.562. The van der Waals surface area contributed by atoms with E-state index in [4.69, 9.17) is 0 Å². The molecule has 1 aliphatic carbocycles. The number of fused-ring (bicyclic) bond motifs is 1. The van der Waals surface area contributed by atoms with Crippen LogP contribution >= 0.6 is 0 Å². The van der Waals surface area contributed by atoms with Gasteiger partial charge in [0.2, 0.25) is 0 Å². The fourth-order valence-electron chi connectivity index (χ4n) is 3.23. The van der Waals surface area contributed by atoms with Crippen molar-refractivity contribution in [3.63, 3.8) is 0 Å². The number of nitrogens with one attached hydrogen (secondary N) is 3. The predicted molar refractivity (Wildman–Crippen MR) is 82.3 cm³/mol. The summed E-state index contributed by atoms with van der Waals surface area (Å²) in [5.41, 5.74) is 2.85. The first kappa shape index (κ1) is 13.3. The summed E-state index contributed by atoms with van der Waals surface area (Å²) in [5.74, 6) is 1.43. The maximum Gasteiger partial charge on any atom is 0.251 e. The van der Waals surface area contributed by atoms with Crippen molar-refractivity contribution in [3.8, 4) is 0 Å². The number of hydrogen-bond acceptors (Lipinski definition) is 3. The first-order valence-corrected chi connectivity index (χ1v) is 7.64. The van der Waals surface area contributed by atoms with Gasteiger partial charge in [-0.25, -0.2) is 0 Å². The molecule has 4 heteroatoms. The van der Waals surface area contributed by atoms with E-state index < -0.39 is 0 Å². The molecule has 1 aromatic carbocycles. The van der Waals surface area contributed by atoms with Gasteiger partial charge in [0.25, 0.3) is 5.91 Å². The highest BCUT2D eigenvalue weighted by Crippen LogP contribution is 2.30. The van der Waals surface area contributed by atoms with Gasteiger partial charge in [-0.3, -0.25) is 4.79 Å². The second-order valence-electron chi connectivity index (χ2n) is 5.99. The molecule has 2 unspecified atom stereocenters. The molecule has 1 saturated carbocycles. The average Bonchev–Trinajstić information content (AvgIpc) is 2.89. The van der Waals surface area contributed by atoms with E-state index in [9.17, 15) is 4.79 Å². The summed E-state index contributed by atoms with van der Waals surface area (Å²) in [5, 5.41) is 9.73. The van der Waals surface area contributed by atoms with E-state index in [2.05, 4.69) is 22.9 Å². The quantitative estimate of drug-likeness (QED) is 0.793. The highest BCUT2D eigenvalue weighted by molar-refractivity contribution is 5.96. The number of hydrogen-bond donors (Lipinski definition) is 3. The summed E-state index contributed by atoms with van der Waals surface area (Å²) in [6.07, 6.45) is 3.85. The molecule has 0 spiro atoms.